The van der Waals surface area contributed by atoms with Gasteiger partial charge in [-0.05, 0) is 55.5 Å². The molecule has 8 nitrogen and oxygen atoms in total. The van der Waals surface area contributed by atoms with Crippen molar-refractivity contribution in [3.63, 3.8) is 0 Å². The second-order valence-electron chi connectivity index (χ2n) is 8.99. The normalized spacial score (nSPS) is 13.8. The van der Waals surface area contributed by atoms with Crippen LogP contribution < -0.4 is 15.8 Å². The highest BCUT2D eigenvalue weighted by Gasteiger charge is 2.19. The molecule has 1 aromatic heterocycles. The summed E-state index contributed by atoms with van der Waals surface area (Å²) in [6.07, 6.45) is 3.67. The molecule has 0 radical (unpaired) electrons. The first-order chi connectivity index (χ1) is 16.4. The van der Waals surface area contributed by atoms with Gasteiger partial charge in [-0.2, -0.15) is 5.10 Å². The van der Waals surface area contributed by atoms with Gasteiger partial charge >= 0.3 is 5.97 Å². The maximum Gasteiger partial charge on any atom is 0.359 e. The fraction of sp³-hybridized carbons (Fsp3) is 0.385. The number of hydrogen-bond donors (Lipinski definition) is 1. The quantitative estimate of drug-likeness (QED) is 0.536. The second kappa shape index (κ2) is 10.5. The number of hydrogen-bond acceptors (Lipinski definition) is 6. The molecule has 0 atom stereocenters. The van der Waals surface area contributed by atoms with Gasteiger partial charge in [0.25, 0.3) is 11.5 Å². The van der Waals surface area contributed by atoms with E-state index in [1.54, 1.807) is 24.3 Å². The Morgan fingerprint density at radius 3 is 2.35 bits per heavy atom. The molecule has 1 aliphatic rings. The molecule has 0 bridgehead atoms. The lowest BCUT2D eigenvalue weighted by Crippen LogP contribution is -2.29. The van der Waals surface area contributed by atoms with Gasteiger partial charge in [-0.1, -0.05) is 32.0 Å². The van der Waals surface area contributed by atoms with E-state index in [1.165, 1.54) is 23.9 Å². The maximum atomic E-state index is 12.8. The Morgan fingerprint density at radius 1 is 1.00 bits per heavy atom. The molecule has 2 heterocycles. The van der Waals surface area contributed by atoms with Crippen molar-refractivity contribution in [1.82, 2.24) is 9.78 Å². The Bertz CT molecular complexity index is 1230. The van der Waals surface area contributed by atoms with Crippen molar-refractivity contribution in [2.75, 3.05) is 29.9 Å². The zero-order valence-corrected chi connectivity index (χ0v) is 19.6. The Labute approximate surface area is 198 Å². The summed E-state index contributed by atoms with van der Waals surface area (Å²) in [4.78, 5) is 40.2. The van der Waals surface area contributed by atoms with E-state index in [2.05, 4.69) is 15.3 Å². The van der Waals surface area contributed by atoms with E-state index in [9.17, 15) is 14.4 Å². The van der Waals surface area contributed by atoms with Gasteiger partial charge in [0.1, 0.15) is 0 Å². The number of piperidine rings is 1. The number of nitrogens with zero attached hydrogens (tertiary/aromatic N) is 3. The standard InChI is InChI=1S/C26H30N4O4/c1-18(2)16-30-25(32)22-9-5-4-8-21(22)24(28-30)26(33)34-17-23(31)27-19-10-12-20(13-11-19)29-14-6-3-7-15-29/h4-5,8-13,18H,3,6-7,14-17H2,1-2H3,(H,27,31). The smallest absolute Gasteiger partial charge is 0.359 e. The molecule has 3 aromatic rings. The lowest BCUT2D eigenvalue weighted by atomic mass is 10.1. The molecule has 178 valence electrons. The number of aromatic nitrogens is 2. The zero-order valence-electron chi connectivity index (χ0n) is 19.6. The molecule has 0 spiro atoms. The van der Waals surface area contributed by atoms with Crippen molar-refractivity contribution in [3.05, 3.63) is 64.6 Å². The minimum atomic E-state index is -0.746. The Morgan fingerprint density at radius 2 is 1.68 bits per heavy atom. The molecular formula is C26H30N4O4. The van der Waals surface area contributed by atoms with Gasteiger partial charge in [-0.15, -0.1) is 0 Å². The average Bonchev–Trinajstić information content (AvgIpc) is 2.85. The number of carbonyl (C=O) groups excluding carboxylic acids is 2. The van der Waals surface area contributed by atoms with Crippen molar-refractivity contribution in [2.45, 2.75) is 39.7 Å². The van der Waals surface area contributed by atoms with E-state index >= 15 is 0 Å². The summed E-state index contributed by atoms with van der Waals surface area (Å²) in [7, 11) is 0. The predicted octanol–water partition coefficient (Wildman–Crippen LogP) is 3.84. The van der Waals surface area contributed by atoms with E-state index in [4.69, 9.17) is 4.74 Å². The Balaban J connectivity index is 1.42. The summed E-state index contributed by atoms with van der Waals surface area (Å²) >= 11 is 0. The summed E-state index contributed by atoms with van der Waals surface area (Å²) in [6.45, 7) is 5.95. The van der Waals surface area contributed by atoms with E-state index < -0.39 is 18.5 Å². The number of anilines is 2. The topological polar surface area (TPSA) is 93.5 Å². The molecule has 1 N–H and O–H groups in total. The monoisotopic (exact) mass is 462 g/mol. The van der Waals surface area contributed by atoms with Gasteiger partial charge in [-0.25, -0.2) is 9.48 Å². The molecule has 0 aliphatic carbocycles. The minimum Gasteiger partial charge on any atom is -0.451 e. The number of carbonyl (C=O) groups is 2. The largest absolute Gasteiger partial charge is 0.451 e. The highest BCUT2D eigenvalue weighted by atomic mass is 16.5. The van der Waals surface area contributed by atoms with Crippen LogP contribution in [-0.4, -0.2) is 41.4 Å². The van der Waals surface area contributed by atoms with Crippen LogP contribution >= 0.6 is 0 Å². The van der Waals surface area contributed by atoms with E-state index in [-0.39, 0.29) is 17.2 Å². The lowest BCUT2D eigenvalue weighted by Gasteiger charge is -2.28. The summed E-state index contributed by atoms with van der Waals surface area (Å²) < 4.78 is 6.54. The first kappa shape index (κ1) is 23.5. The van der Waals surface area contributed by atoms with Crippen LogP contribution in [0.3, 0.4) is 0 Å². The van der Waals surface area contributed by atoms with Crippen LogP contribution in [0.2, 0.25) is 0 Å². The van der Waals surface area contributed by atoms with E-state index in [0.717, 1.165) is 18.8 Å². The number of ether oxygens (including phenoxy) is 1. The van der Waals surface area contributed by atoms with Gasteiger partial charge in [0.2, 0.25) is 0 Å². The van der Waals surface area contributed by atoms with Gasteiger partial charge < -0.3 is 15.0 Å². The number of amides is 1. The van der Waals surface area contributed by atoms with Gasteiger partial charge in [-0.3, -0.25) is 9.59 Å². The molecule has 2 aromatic carbocycles. The van der Waals surface area contributed by atoms with E-state index in [1.807, 2.05) is 38.1 Å². The van der Waals surface area contributed by atoms with Crippen LogP contribution in [0.25, 0.3) is 10.8 Å². The average molecular weight is 463 g/mol. The summed E-state index contributed by atoms with van der Waals surface area (Å²) in [6, 6.07) is 14.5. The summed E-state index contributed by atoms with van der Waals surface area (Å²) in [5.41, 5.74) is 1.54. The summed E-state index contributed by atoms with van der Waals surface area (Å²) in [5.74, 6) is -1.02. The van der Waals surface area contributed by atoms with Crippen LogP contribution in [0, 0.1) is 5.92 Å². The zero-order chi connectivity index (χ0) is 24.1. The van der Waals surface area contributed by atoms with Crippen molar-refractivity contribution < 1.29 is 14.3 Å². The third-order valence-electron chi connectivity index (χ3n) is 5.81. The molecule has 1 amide bonds. The Hall–Kier alpha value is -3.68. The number of benzene rings is 2. The van der Waals surface area contributed by atoms with Crippen LogP contribution in [0.15, 0.2) is 53.3 Å². The first-order valence-electron chi connectivity index (χ1n) is 11.7. The number of rotatable bonds is 7. The lowest BCUT2D eigenvalue weighted by molar-refractivity contribution is -0.119. The van der Waals surface area contributed by atoms with Gasteiger partial charge in [0.05, 0.1) is 5.39 Å². The van der Waals surface area contributed by atoms with Crippen molar-refractivity contribution in [2.24, 2.45) is 5.92 Å². The number of nitrogens with one attached hydrogen (secondary N) is 1. The van der Waals surface area contributed by atoms with Crippen LogP contribution in [0.1, 0.15) is 43.6 Å². The molecule has 4 rings (SSSR count). The fourth-order valence-electron chi connectivity index (χ4n) is 4.16. The minimum absolute atomic E-state index is 0.0227. The maximum absolute atomic E-state index is 12.8. The highest BCUT2D eigenvalue weighted by Crippen LogP contribution is 2.22. The van der Waals surface area contributed by atoms with Crippen LogP contribution in [-0.2, 0) is 16.1 Å². The van der Waals surface area contributed by atoms with Crippen molar-refractivity contribution in [3.8, 4) is 0 Å². The van der Waals surface area contributed by atoms with Crippen molar-refractivity contribution in [1.29, 1.82) is 0 Å². The highest BCUT2D eigenvalue weighted by molar-refractivity contribution is 6.03. The molecule has 1 aliphatic heterocycles. The van der Waals surface area contributed by atoms with Gasteiger partial charge in [0, 0.05) is 36.4 Å². The van der Waals surface area contributed by atoms with Crippen LogP contribution in [0.4, 0.5) is 11.4 Å². The third-order valence-corrected chi connectivity index (χ3v) is 5.81. The van der Waals surface area contributed by atoms with Gasteiger partial charge in [0.15, 0.2) is 12.3 Å². The Kier molecular flexibility index (Phi) is 7.25. The fourth-order valence-corrected chi connectivity index (χ4v) is 4.16. The van der Waals surface area contributed by atoms with Crippen LogP contribution in [0.5, 0.6) is 0 Å². The molecule has 1 saturated heterocycles. The molecule has 1 fully saturated rings. The molecule has 34 heavy (non-hydrogen) atoms. The number of esters is 1. The first-order valence-corrected chi connectivity index (χ1v) is 11.7. The molecule has 0 saturated carbocycles. The van der Waals surface area contributed by atoms with E-state index in [0.29, 0.717) is 23.0 Å². The second-order valence-corrected chi connectivity index (χ2v) is 8.99. The SMILES string of the molecule is CC(C)Cn1nc(C(=O)OCC(=O)Nc2ccc(N3CCCCC3)cc2)c2ccccc2c1=O. The molecular weight excluding hydrogens is 432 g/mol. The predicted molar refractivity (Wildman–Crippen MR) is 132 cm³/mol. The molecule has 0 unspecified atom stereocenters. The number of fused-ring (bicyclic) bond motifs is 1. The van der Waals surface area contributed by atoms with Crippen molar-refractivity contribution >= 4 is 34.0 Å². The summed E-state index contributed by atoms with van der Waals surface area (Å²) in [5, 5.41) is 7.80. The third kappa shape index (κ3) is 5.44. The molecule has 8 heteroatoms.